The number of pyridine rings is 1. The lowest BCUT2D eigenvalue weighted by Gasteiger charge is -2.12. The minimum Gasteiger partial charge on any atom is -0.396 e. The molecule has 2 rings (SSSR count). The molecule has 106 valence electrons. The van der Waals surface area contributed by atoms with E-state index in [1.54, 1.807) is 18.3 Å². The van der Waals surface area contributed by atoms with E-state index in [0.29, 0.717) is 12.2 Å². The summed E-state index contributed by atoms with van der Waals surface area (Å²) in [6.07, 6.45) is 2.87. The number of anilines is 2. The molecule has 0 unspecified atom stereocenters. The lowest BCUT2D eigenvalue weighted by Crippen LogP contribution is -2.08. The minimum absolute atomic E-state index is 0.139. The summed E-state index contributed by atoms with van der Waals surface area (Å²) in [5, 5.41) is 3.13. The van der Waals surface area contributed by atoms with Crippen molar-refractivity contribution in [2.75, 3.05) is 17.3 Å². The van der Waals surface area contributed by atoms with Crippen LogP contribution in [0.3, 0.4) is 0 Å². The highest BCUT2D eigenvalue weighted by atomic mass is 32.2. The molecule has 0 atom stereocenters. The zero-order valence-electron chi connectivity index (χ0n) is 11.4. The molecule has 0 saturated carbocycles. The van der Waals surface area contributed by atoms with Crippen molar-refractivity contribution in [3.8, 4) is 0 Å². The summed E-state index contributed by atoms with van der Waals surface area (Å²) in [5.74, 6) is 0. The number of rotatable bonds is 4. The lowest BCUT2D eigenvalue weighted by atomic mass is 10.2. The third-order valence-corrected chi connectivity index (χ3v) is 4.18. The molecule has 1 aromatic heterocycles. The number of hydrogen-bond donors (Lipinski definition) is 2. The zero-order chi connectivity index (χ0) is 14.8. The molecule has 0 aliphatic carbocycles. The molecule has 2 aromatic rings. The molecule has 5 nitrogen and oxygen atoms in total. The summed E-state index contributed by atoms with van der Waals surface area (Å²) in [7, 11) is -3.33. The molecule has 3 N–H and O–H groups in total. The molecule has 1 heterocycles. The Bertz CT molecular complexity index is 727. The van der Waals surface area contributed by atoms with Gasteiger partial charge in [-0.15, -0.1) is 0 Å². The molecular formula is C14H17N3O2S. The van der Waals surface area contributed by atoms with Crippen LogP contribution < -0.4 is 11.1 Å². The summed E-state index contributed by atoms with van der Waals surface area (Å²) in [4.78, 5) is 4.41. The summed E-state index contributed by atoms with van der Waals surface area (Å²) >= 11 is 0. The van der Waals surface area contributed by atoms with E-state index in [0.717, 1.165) is 17.5 Å². The maximum Gasteiger partial charge on any atom is 0.177 e. The molecule has 1 aromatic carbocycles. The quantitative estimate of drug-likeness (QED) is 0.841. The SMILES string of the molecule is Cc1cccnc1CNc1cccc(S(C)(=O)=O)c1N. The Morgan fingerprint density at radius 1 is 1.25 bits per heavy atom. The molecule has 20 heavy (non-hydrogen) atoms. The number of nitrogens with one attached hydrogen (secondary N) is 1. The van der Waals surface area contributed by atoms with E-state index in [1.165, 1.54) is 6.07 Å². The average Bonchev–Trinajstić information content (AvgIpc) is 2.38. The van der Waals surface area contributed by atoms with E-state index in [4.69, 9.17) is 5.73 Å². The average molecular weight is 291 g/mol. The minimum atomic E-state index is -3.33. The van der Waals surface area contributed by atoms with Gasteiger partial charge in [0, 0.05) is 12.5 Å². The Morgan fingerprint density at radius 3 is 2.65 bits per heavy atom. The molecule has 0 fully saturated rings. The highest BCUT2D eigenvalue weighted by molar-refractivity contribution is 7.90. The molecule has 0 aliphatic rings. The van der Waals surface area contributed by atoms with Crippen LogP contribution in [0.15, 0.2) is 41.4 Å². The number of nitrogens with two attached hydrogens (primary N) is 1. The van der Waals surface area contributed by atoms with Crippen LogP contribution in [0.4, 0.5) is 11.4 Å². The van der Waals surface area contributed by atoms with Crippen molar-refractivity contribution in [3.05, 3.63) is 47.8 Å². The van der Waals surface area contributed by atoms with Gasteiger partial charge in [0.2, 0.25) is 0 Å². The fourth-order valence-corrected chi connectivity index (χ4v) is 2.74. The van der Waals surface area contributed by atoms with Crippen molar-refractivity contribution in [2.24, 2.45) is 0 Å². The standard InChI is InChI=1S/C14H17N3O2S/c1-10-5-4-8-16-12(10)9-17-11-6-3-7-13(14(11)15)20(2,18)19/h3-8,17H,9,15H2,1-2H3. The third kappa shape index (κ3) is 3.08. The Morgan fingerprint density at radius 2 is 2.00 bits per heavy atom. The molecule has 6 heteroatoms. The molecule has 0 amide bonds. The first-order chi connectivity index (χ1) is 9.39. The predicted octanol–water partition coefficient (Wildman–Crippen LogP) is 1.99. The van der Waals surface area contributed by atoms with E-state index in [2.05, 4.69) is 10.3 Å². The lowest BCUT2D eigenvalue weighted by molar-refractivity contribution is 0.602. The fourth-order valence-electron chi connectivity index (χ4n) is 1.90. The maximum atomic E-state index is 11.6. The fraction of sp³-hybridized carbons (Fsp3) is 0.214. The van der Waals surface area contributed by atoms with Crippen LogP contribution in [-0.4, -0.2) is 19.7 Å². The van der Waals surface area contributed by atoms with Crippen molar-refractivity contribution in [2.45, 2.75) is 18.4 Å². The van der Waals surface area contributed by atoms with Gasteiger partial charge in [0.05, 0.1) is 28.5 Å². The van der Waals surface area contributed by atoms with Crippen LogP contribution in [0.1, 0.15) is 11.3 Å². The van der Waals surface area contributed by atoms with Crippen molar-refractivity contribution in [3.63, 3.8) is 0 Å². The number of nitrogens with zero attached hydrogens (tertiary/aromatic N) is 1. The van der Waals surface area contributed by atoms with Crippen LogP contribution in [0.25, 0.3) is 0 Å². The van der Waals surface area contributed by atoms with E-state index in [1.807, 2.05) is 19.1 Å². The molecule has 0 bridgehead atoms. The third-order valence-electron chi connectivity index (χ3n) is 3.03. The molecule has 0 aliphatic heterocycles. The van der Waals surface area contributed by atoms with Crippen molar-refractivity contribution in [1.29, 1.82) is 0 Å². The van der Waals surface area contributed by atoms with E-state index < -0.39 is 9.84 Å². The van der Waals surface area contributed by atoms with E-state index in [-0.39, 0.29) is 10.6 Å². The summed E-state index contributed by atoms with van der Waals surface area (Å²) in [5.41, 5.74) is 8.71. The van der Waals surface area contributed by atoms with Crippen molar-refractivity contribution in [1.82, 2.24) is 4.98 Å². The maximum absolute atomic E-state index is 11.6. The topological polar surface area (TPSA) is 85.1 Å². The number of sulfone groups is 1. The second kappa shape index (κ2) is 5.50. The first-order valence-corrected chi connectivity index (χ1v) is 8.01. The number of benzene rings is 1. The Labute approximate surface area is 118 Å². The summed E-state index contributed by atoms with van der Waals surface area (Å²) in [6, 6.07) is 8.77. The second-order valence-electron chi connectivity index (χ2n) is 4.61. The van der Waals surface area contributed by atoms with Crippen molar-refractivity contribution < 1.29 is 8.42 Å². The first-order valence-electron chi connectivity index (χ1n) is 6.12. The molecular weight excluding hydrogens is 274 g/mol. The van der Waals surface area contributed by atoms with Gasteiger partial charge in [0.1, 0.15) is 0 Å². The molecule has 0 spiro atoms. The summed E-state index contributed by atoms with van der Waals surface area (Å²) < 4.78 is 23.2. The van der Waals surface area contributed by atoms with Crippen LogP contribution in [0.2, 0.25) is 0 Å². The highest BCUT2D eigenvalue weighted by Crippen LogP contribution is 2.26. The van der Waals surface area contributed by atoms with Crippen molar-refractivity contribution >= 4 is 21.2 Å². The van der Waals surface area contributed by atoms with Gasteiger partial charge in [0.15, 0.2) is 9.84 Å². The number of nitrogen functional groups attached to an aromatic ring is 1. The number of para-hydroxylation sites is 1. The monoisotopic (exact) mass is 291 g/mol. The van der Waals surface area contributed by atoms with Crippen LogP contribution in [-0.2, 0) is 16.4 Å². The molecule has 0 radical (unpaired) electrons. The van der Waals surface area contributed by atoms with Gasteiger partial charge >= 0.3 is 0 Å². The van der Waals surface area contributed by atoms with Crippen LogP contribution in [0.5, 0.6) is 0 Å². The van der Waals surface area contributed by atoms with E-state index >= 15 is 0 Å². The zero-order valence-corrected chi connectivity index (χ0v) is 12.2. The van der Waals surface area contributed by atoms with E-state index in [9.17, 15) is 8.42 Å². The van der Waals surface area contributed by atoms with Gasteiger partial charge in [0.25, 0.3) is 0 Å². The first kappa shape index (κ1) is 14.3. The van der Waals surface area contributed by atoms with Gasteiger partial charge in [-0.05, 0) is 30.7 Å². The number of hydrogen-bond acceptors (Lipinski definition) is 5. The predicted molar refractivity (Wildman–Crippen MR) is 80.3 cm³/mol. The second-order valence-corrected chi connectivity index (χ2v) is 6.59. The van der Waals surface area contributed by atoms with Crippen LogP contribution in [0, 0.1) is 6.92 Å². The summed E-state index contributed by atoms with van der Waals surface area (Å²) in [6.45, 7) is 2.46. The largest absolute Gasteiger partial charge is 0.396 e. The molecule has 0 saturated heterocycles. The Hall–Kier alpha value is -2.08. The van der Waals surface area contributed by atoms with Gasteiger partial charge in [-0.2, -0.15) is 0 Å². The van der Waals surface area contributed by atoms with Gasteiger partial charge in [-0.3, -0.25) is 4.98 Å². The highest BCUT2D eigenvalue weighted by Gasteiger charge is 2.14. The van der Waals surface area contributed by atoms with Gasteiger partial charge in [-0.1, -0.05) is 12.1 Å². The van der Waals surface area contributed by atoms with Gasteiger partial charge in [-0.25, -0.2) is 8.42 Å². The number of aromatic nitrogens is 1. The smallest absolute Gasteiger partial charge is 0.177 e. The van der Waals surface area contributed by atoms with Crippen LogP contribution >= 0.6 is 0 Å². The Balaban J connectivity index is 2.25. The normalized spacial score (nSPS) is 11.3. The Kier molecular flexibility index (Phi) is 3.94. The van der Waals surface area contributed by atoms with Gasteiger partial charge < -0.3 is 11.1 Å². The number of aryl methyl sites for hydroxylation is 1.